The number of nitriles is 1. The van der Waals surface area contributed by atoms with Crippen LogP contribution in [0.25, 0.3) is 0 Å². The van der Waals surface area contributed by atoms with Gasteiger partial charge in [-0.05, 0) is 54.6 Å². The molecule has 0 atom stereocenters. The van der Waals surface area contributed by atoms with Gasteiger partial charge in [0.05, 0.1) is 29.4 Å². The first kappa shape index (κ1) is 21.1. The summed E-state index contributed by atoms with van der Waals surface area (Å²) in [5, 5.41) is 11.4. The molecule has 162 valence electrons. The summed E-state index contributed by atoms with van der Waals surface area (Å²) in [6.07, 6.45) is -4.50. The fraction of sp³-hybridized carbons (Fsp3) is 0.130. The van der Waals surface area contributed by atoms with E-state index in [-0.39, 0.29) is 18.8 Å². The molecule has 1 aliphatic heterocycles. The fourth-order valence-corrected chi connectivity index (χ4v) is 3.17. The molecule has 0 spiro atoms. The van der Waals surface area contributed by atoms with Gasteiger partial charge in [0.25, 0.3) is 0 Å². The average Bonchev–Trinajstić information content (AvgIpc) is 2.78. The monoisotopic (exact) mass is 439 g/mol. The summed E-state index contributed by atoms with van der Waals surface area (Å²) in [6, 6.07) is 17.4. The highest BCUT2D eigenvalue weighted by atomic mass is 19.4. The number of halogens is 3. The van der Waals surface area contributed by atoms with Crippen LogP contribution in [0.4, 0.5) is 29.3 Å². The Hall–Kier alpha value is -4.19. The number of fused-ring (bicyclic) bond motifs is 1. The van der Waals surface area contributed by atoms with Crippen LogP contribution < -0.4 is 19.7 Å². The van der Waals surface area contributed by atoms with Crippen LogP contribution in [0.5, 0.6) is 17.2 Å². The molecule has 0 fully saturated rings. The van der Waals surface area contributed by atoms with E-state index in [9.17, 15) is 18.0 Å². The van der Waals surface area contributed by atoms with Gasteiger partial charge in [0.2, 0.25) is 0 Å². The molecule has 0 aliphatic carbocycles. The number of nitrogens with one attached hydrogen (secondary N) is 1. The number of urea groups is 1. The van der Waals surface area contributed by atoms with E-state index in [1.54, 1.807) is 42.5 Å². The lowest BCUT2D eigenvalue weighted by molar-refractivity contribution is -0.137. The van der Waals surface area contributed by atoms with E-state index in [1.807, 2.05) is 6.07 Å². The molecule has 1 aliphatic rings. The molecule has 32 heavy (non-hydrogen) atoms. The molecule has 1 N–H and O–H groups in total. The maximum absolute atomic E-state index is 12.9. The van der Waals surface area contributed by atoms with Crippen molar-refractivity contribution in [1.82, 2.24) is 0 Å². The number of rotatable bonds is 3. The van der Waals surface area contributed by atoms with Gasteiger partial charge in [-0.1, -0.05) is 6.07 Å². The average molecular weight is 439 g/mol. The van der Waals surface area contributed by atoms with Crippen LogP contribution in [0.1, 0.15) is 11.1 Å². The SMILES string of the molecule is N#Cc1ccc(Oc2ccc3c(c2)OCCN3C(=O)Nc2cccc(C(F)(F)F)c2)cc1. The third-order valence-electron chi connectivity index (χ3n) is 4.70. The number of nitrogens with zero attached hydrogens (tertiary/aromatic N) is 2. The molecule has 0 aromatic heterocycles. The largest absolute Gasteiger partial charge is 0.489 e. The first-order valence-corrected chi connectivity index (χ1v) is 9.54. The van der Waals surface area contributed by atoms with Crippen molar-refractivity contribution in [3.8, 4) is 23.3 Å². The predicted octanol–water partition coefficient (Wildman–Crippen LogP) is 5.80. The number of ether oxygens (including phenoxy) is 2. The molecular formula is C23H16F3N3O3. The lowest BCUT2D eigenvalue weighted by atomic mass is 10.2. The van der Waals surface area contributed by atoms with Gasteiger partial charge in [0.15, 0.2) is 0 Å². The third kappa shape index (κ3) is 4.59. The van der Waals surface area contributed by atoms with Gasteiger partial charge in [-0.3, -0.25) is 4.90 Å². The maximum atomic E-state index is 12.9. The normalized spacial score (nSPS) is 12.9. The number of hydrogen-bond donors (Lipinski definition) is 1. The van der Waals surface area contributed by atoms with Crippen LogP contribution >= 0.6 is 0 Å². The van der Waals surface area contributed by atoms with Crippen LogP contribution in [-0.2, 0) is 6.18 Å². The van der Waals surface area contributed by atoms with Crippen molar-refractivity contribution in [2.75, 3.05) is 23.4 Å². The van der Waals surface area contributed by atoms with Crippen LogP contribution in [-0.4, -0.2) is 19.2 Å². The minimum absolute atomic E-state index is 0.0404. The Kier molecular flexibility index (Phi) is 5.60. The first-order valence-electron chi connectivity index (χ1n) is 9.54. The Morgan fingerprint density at radius 1 is 1.06 bits per heavy atom. The summed E-state index contributed by atoms with van der Waals surface area (Å²) in [7, 11) is 0. The third-order valence-corrected chi connectivity index (χ3v) is 4.70. The first-order chi connectivity index (χ1) is 15.3. The van der Waals surface area contributed by atoms with Gasteiger partial charge in [-0.25, -0.2) is 4.79 Å². The van der Waals surface area contributed by atoms with Gasteiger partial charge < -0.3 is 14.8 Å². The van der Waals surface area contributed by atoms with Crippen LogP contribution in [0.2, 0.25) is 0 Å². The van der Waals surface area contributed by atoms with Crippen molar-refractivity contribution >= 4 is 17.4 Å². The lowest BCUT2D eigenvalue weighted by Crippen LogP contribution is -2.40. The van der Waals surface area contributed by atoms with Crippen LogP contribution in [0.3, 0.4) is 0 Å². The topological polar surface area (TPSA) is 74.6 Å². The quantitative estimate of drug-likeness (QED) is 0.560. The Morgan fingerprint density at radius 2 is 1.81 bits per heavy atom. The van der Waals surface area contributed by atoms with Crippen molar-refractivity contribution in [3.05, 3.63) is 77.9 Å². The highest BCUT2D eigenvalue weighted by Gasteiger charge is 2.31. The number of carbonyl (C=O) groups is 1. The molecule has 9 heteroatoms. The number of alkyl halides is 3. The minimum atomic E-state index is -4.50. The van der Waals surface area contributed by atoms with Crippen molar-refractivity contribution in [2.45, 2.75) is 6.18 Å². The van der Waals surface area contributed by atoms with E-state index < -0.39 is 17.8 Å². The molecule has 0 bridgehead atoms. The summed E-state index contributed by atoms with van der Waals surface area (Å²) in [6.45, 7) is 0.441. The molecule has 0 unspecified atom stereocenters. The minimum Gasteiger partial charge on any atom is -0.489 e. The predicted molar refractivity (Wildman–Crippen MR) is 111 cm³/mol. The van der Waals surface area contributed by atoms with Crippen LogP contribution in [0.15, 0.2) is 66.7 Å². The van der Waals surface area contributed by atoms with Crippen molar-refractivity contribution in [1.29, 1.82) is 5.26 Å². The second kappa shape index (κ2) is 8.51. The zero-order valence-corrected chi connectivity index (χ0v) is 16.5. The summed E-state index contributed by atoms with van der Waals surface area (Å²) < 4.78 is 50.2. The molecular weight excluding hydrogens is 423 g/mol. The van der Waals surface area contributed by atoms with Crippen LogP contribution in [0, 0.1) is 11.3 Å². The van der Waals surface area contributed by atoms with E-state index >= 15 is 0 Å². The Labute approximate surface area is 181 Å². The zero-order chi connectivity index (χ0) is 22.7. The highest BCUT2D eigenvalue weighted by Crippen LogP contribution is 2.37. The number of carbonyl (C=O) groups excluding carboxylic acids is 1. The van der Waals surface area contributed by atoms with E-state index in [0.29, 0.717) is 28.5 Å². The van der Waals surface area contributed by atoms with Crippen molar-refractivity contribution < 1.29 is 27.4 Å². The van der Waals surface area contributed by atoms with Crippen molar-refractivity contribution in [2.24, 2.45) is 0 Å². The van der Waals surface area contributed by atoms with Gasteiger partial charge in [-0.2, -0.15) is 18.4 Å². The smallest absolute Gasteiger partial charge is 0.416 e. The number of hydrogen-bond acceptors (Lipinski definition) is 4. The number of amides is 2. The Balaban J connectivity index is 1.51. The molecule has 3 aromatic carbocycles. The van der Waals surface area contributed by atoms with Crippen molar-refractivity contribution in [3.63, 3.8) is 0 Å². The molecule has 6 nitrogen and oxygen atoms in total. The summed E-state index contributed by atoms with van der Waals surface area (Å²) >= 11 is 0. The molecule has 1 heterocycles. The second-order valence-electron chi connectivity index (χ2n) is 6.88. The highest BCUT2D eigenvalue weighted by molar-refractivity contribution is 6.03. The molecule has 3 aromatic rings. The van der Waals surface area contributed by atoms with Gasteiger partial charge in [0.1, 0.15) is 23.9 Å². The van der Waals surface area contributed by atoms with Gasteiger partial charge in [-0.15, -0.1) is 0 Å². The Bertz CT molecular complexity index is 1190. The van der Waals surface area contributed by atoms with E-state index in [1.165, 1.54) is 17.0 Å². The molecule has 0 radical (unpaired) electrons. The summed E-state index contributed by atoms with van der Waals surface area (Å²) in [4.78, 5) is 14.1. The van der Waals surface area contributed by atoms with E-state index in [4.69, 9.17) is 14.7 Å². The zero-order valence-electron chi connectivity index (χ0n) is 16.5. The summed E-state index contributed by atoms with van der Waals surface area (Å²) in [5.41, 5.74) is 0.169. The number of anilines is 2. The molecule has 0 saturated heterocycles. The van der Waals surface area contributed by atoms with Gasteiger partial charge >= 0.3 is 12.2 Å². The standard InChI is InChI=1S/C23H16F3N3O3/c24-23(25,26)16-2-1-3-17(12-16)28-22(30)29-10-11-31-21-13-19(8-9-20(21)29)32-18-6-4-15(14-27)5-7-18/h1-9,12-13H,10-11H2,(H,28,30). The fourth-order valence-electron chi connectivity index (χ4n) is 3.17. The molecule has 4 rings (SSSR count). The maximum Gasteiger partial charge on any atom is 0.416 e. The van der Waals surface area contributed by atoms with Gasteiger partial charge in [0, 0.05) is 11.8 Å². The lowest BCUT2D eigenvalue weighted by Gasteiger charge is -2.30. The molecule has 0 saturated carbocycles. The molecule has 2 amide bonds. The number of benzene rings is 3. The Morgan fingerprint density at radius 3 is 2.53 bits per heavy atom. The second-order valence-corrected chi connectivity index (χ2v) is 6.88. The van der Waals surface area contributed by atoms with E-state index in [2.05, 4.69) is 5.32 Å². The van der Waals surface area contributed by atoms with E-state index in [0.717, 1.165) is 12.1 Å². The summed E-state index contributed by atoms with van der Waals surface area (Å²) in [5.74, 6) is 1.40.